The van der Waals surface area contributed by atoms with E-state index >= 15 is 0 Å². The second-order valence-electron chi connectivity index (χ2n) is 5.80. The average Bonchev–Trinajstić information content (AvgIpc) is 2.70. The number of carbonyl (C=O) groups is 2. The Morgan fingerprint density at radius 1 is 1.11 bits per heavy atom. The lowest BCUT2D eigenvalue weighted by Crippen LogP contribution is -2.31. The van der Waals surface area contributed by atoms with E-state index in [1.165, 1.54) is 18.3 Å². The van der Waals surface area contributed by atoms with Crippen LogP contribution in [-0.2, 0) is 11.3 Å². The van der Waals surface area contributed by atoms with E-state index in [1.54, 1.807) is 43.5 Å². The number of hydrogen-bond acceptors (Lipinski definition) is 6. The van der Waals surface area contributed by atoms with Gasteiger partial charge in [-0.15, -0.1) is 0 Å². The van der Waals surface area contributed by atoms with E-state index in [-0.39, 0.29) is 6.54 Å². The molecule has 0 atom stereocenters. The number of amides is 2. The number of anilines is 1. The number of nitrogens with zero attached hydrogens (tertiary/aromatic N) is 3. The summed E-state index contributed by atoms with van der Waals surface area (Å²) in [7, 11) is 1.56. The molecule has 0 aliphatic carbocycles. The molecule has 0 saturated heterocycles. The standard InChI is InChI=1S/C19H17N5O4/c1-28-15-8-4-12(5-9-15)16-10-21-24(19(27)23-16)11-17(25)22-14-6-2-13(3-7-14)18(20)26/h2-10H,11H2,1H3,(H2,20,26)(H,22,25). The van der Waals surface area contributed by atoms with Crippen LogP contribution in [0, 0.1) is 0 Å². The van der Waals surface area contributed by atoms with Crippen LogP contribution in [0.3, 0.4) is 0 Å². The monoisotopic (exact) mass is 379 g/mol. The van der Waals surface area contributed by atoms with E-state index in [0.29, 0.717) is 28.3 Å². The minimum Gasteiger partial charge on any atom is -0.497 e. The molecule has 142 valence electrons. The number of nitrogens with two attached hydrogens (primary N) is 1. The van der Waals surface area contributed by atoms with Crippen molar-refractivity contribution in [2.45, 2.75) is 6.54 Å². The van der Waals surface area contributed by atoms with Gasteiger partial charge in [-0.3, -0.25) is 9.59 Å². The topological polar surface area (TPSA) is 129 Å². The summed E-state index contributed by atoms with van der Waals surface area (Å²) in [6.07, 6.45) is 1.41. The summed E-state index contributed by atoms with van der Waals surface area (Å²) >= 11 is 0. The molecule has 0 fully saturated rings. The normalized spacial score (nSPS) is 10.3. The maximum absolute atomic E-state index is 12.2. The Bertz CT molecular complexity index is 1060. The molecule has 0 bridgehead atoms. The van der Waals surface area contributed by atoms with E-state index in [1.807, 2.05) is 0 Å². The number of nitrogens with one attached hydrogen (secondary N) is 1. The Kier molecular flexibility index (Phi) is 5.45. The first-order valence-electron chi connectivity index (χ1n) is 8.24. The van der Waals surface area contributed by atoms with Crippen LogP contribution in [0.5, 0.6) is 5.75 Å². The highest BCUT2D eigenvalue weighted by molar-refractivity contribution is 5.94. The Balaban J connectivity index is 1.69. The third-order valence-corrected chi connectivity index (χ3v) is 3.89. The smallest absolute Gasteiger partial charge is 0.365 e. The third-order valence-electron chi connectivity index (χ3n) is 3.89. The van der Waals surface area contributed by atoms with Crippen LogP contribution in [0.4, 0.5) is 5.69 Å². The molecule has 3 aromatic rings. The molecule has 0 radical (unpaired) electrons. The van der Waals surface area contributed by atoms with Gasteiger partial charge in [0.1, 0.15) is 12.3 Å². The predicted molar refractivity (Wildman–Crippen MR) is 102 cm³/mol. The molecule has 0 aliphatic heterocycles. The van der Waals surface area contributed by atoms with E-state index in [0.717, 1.165) is 4.68 Å². The first-order chi connectivity index (χ1) is 13.5. The highest BCUT2D eigenvalue weighted by atomic mass is 16.5. The molecule has 0 spiro atoms. The number of aromatic nitrogens is 3. The van der Waals surface area contributed by atoms with Crippen molar-refractivity contribution in [2.75, 3.05) is 12.4 Å². The van der Waals surface area contributed by atoms with E-state index in [9.17, 15) is 14.4 Å². The minimum atomic E-state index is -0.646. The lowest BCUT2D eigenvalue weighted by molar-refractivity contribution is -0.117. The zero-order chi connectivity index (χ0) is 20.1. The van der Waals surface area contributed by atoms with Crippen LogP contribution in [0.15, 0.2) is 59.5 Å². The Labute approximate surface area is 159 Å². The molecule has 2 aromatic carbocycles. The van der Waals surface area contributed by atoms with Crippen molar-refractivity contribution in [3.05, 3.63) is 70.8 Å². The molecule has 0 saturated carbocycles. The van der Waals surface area contributed by atoms with Gasteiger partial charge in [-0.2, -0.15) is 10.1 Å². The second kappa shape index (κ2) is 8.12. The zero-order valence-electron chi connectivity index (χ0n) is 15.0. The first kappa shape index (κ1) is 18.8. The van der Waals surface area contributed by atoms with Gasteiger partial charge < -0.3 is 15.8 Å². The van der Waals surface area contributed by atoms with Gasteiger partial charge >= 0.3 is 5.69 Å². The number of benzene rings is 2. The number of rotatable bonds is 6. The number of ether oxygens (including phenoxy) is 1. The molecule has 3 rings (SSSR count). The first-order valence-corrected chi connectivity index (χ1v) is 8.24. The largest absolute Gasteiger partial charge is 0.497 e. The van der Waals surface area contributed by atoms with Crippen LogP contribution >= 0.6 is 0 Å². The Morgan fingerprint density at radius 2 is 1.79 bits per heavy atom. The van der Waals surface area contributed by atoms with E-state index < -0.39 is 17.5 Å². The molecule has 9 nitrogen and oxygen atoms in total. The summed E-state index contributed by atoms with van der Waals surface area (Å²) in [5.41, 5.74) is 6.41. The molecule has 2 amide bonds. The number of methoxy groups -OCH3 is 1. The van der Waals surface area contributed by atoms with Gasteiger partial charge in [0.15, 0.2) is 0 Å². The lowest BCUT2D eigenvalue weighted by atomic mass is 10.1. The van der Waals surface area contributed by atoms with Gasteiger partial charge in [0.25, 0.3) is 0 Å². The fourth-order valence-electron chi connectivity index (χ4n) is 2.43. The van der Waals surface area contributed by atoms with E-state index in [2.05, 4.69) is 15.4 Å². The molecule has 28 heavy (non-hydrogen) atoms. The summed E-state index contributed by atoms with van der Waals surface area (Å²) in [5.74, 6) is -0.331. The summed E-state index contributed by atoms with van der Waals surface area (Å²) in [5, 5.41) is 6.61. The Morgan fingerprint density at radius 3 is 2.36 bits per heavy atom. The zero-order valence-corrected chi connectivity index (χ0v) is 15.0. The molecular weight excluding hydrogens is 362 g/mol. The molecular formula is C19H17N5O4. The van der Waals surface area contributed by atoms with Crippen LogP contribution < -0.4 is 21.5 Å². The van der Waals surface area contributed by atoms with E-state index in [4.69, 9.17) is 10.5 Å². The predicted octanol–water partition coefficient (Wildman–Crippen LogP) is 1.05. The van der Waals surface area contributed by atoms with Crippen molar-refractivity contribution in [3.8, 4) is 17.0 Å². The summed E-state index contributed by atoms with van der Waals surface area (Å²) in [6.45, 7) is -0.299. The fourth-order valence-corrected chi connectivity index (χ4v) is 2.43. The molecule has 1 heterocycles. The Hall–Kier alpha value is -4.01. The van der Waals surface area contributed by atoms with Crippen LogP contribution in [0.1, 0.15) is 10.4 Å². The van der Waals surface area contributed by atoms with Gasteiger partial charge in [-0.1, -0.05) is 0 Å². The number of primary amides is 1. The highest BCUT2D eigenvalue weighted by Gasteiger charge is 2.10. The van der Waals surface area contributed by atoms with Gasteiger partial charge in [0, 0.05) is 16.8 Å². The SMILES string of the molecule is COc1ccc(-c2cnn(CC(=O)Nc3ccc(C(N)=O)cc3)c(=O)n2)cc1. The van der Waals surface area contributed by atoms with Crippen molar-refractivity contribution in [2.24, 2.45) is 5.73 Å². The lowest BCUT2D eigenvalue weighted by Gasteiger charge is -2.07. The van der Waals surface area contributed by atoms with Crippen molar-refractivity contribution < 1.29 is 14.3 Å². The van der Waals surface area contributed by atoms with Crippen LogP contribution in [-0.4, -0.2) is 33.7 Å². The molecule has 0 aliphatic rings. The number of carbonyl (C=O) groups excluding carboxylic acids is 2. The van der Waals surface area contributed by atoms with Gasteiger partial charge in [-0.25, -0.2) is 9.48 Å². The maximum atomic E-state index is 12.2. The molecule has 0 unspecified atom stereocenters. The summed E-state index contributed by atoms with van der Waals surface area (Å²) < 4.78 is 6.05. The third kappa shape index (κ3) is 4.39. The number of hydrogen-bond donors (Lipinski definition) is 2. The van der Waals surface area contributed by atoms with Crippen molar-refractivity contribution in [1.82, 2.24) is 14.8 Å². The molecule has 3 N–H and O–H groups in total. The summed E-state index contributed by atoms with van der Waals surface area (Å²) in [6, 6.07) is 13.1. The van der Waals surface area contributed by atoms with Gasteiger partial charge in [-0.05, 0) is 48.5 Å². The second-order valence-corrected chi connectivity index (χ2v) is 5.80. The fraction of sp³-hybridized carbons (Fsp3) is 0.105. The van der Waals surface area contributed by atoms with Crippen LogP contribution in [0.2, 0.25) is 0 Å². The molecule has 9 heteroatoms. The summed E-state index contributed by atoms with van der Waals surface area (Å²) in [4.78, 5) is 39.3. The van der Waals surface area contributed by atoms with Crippen molar-refractivity contribution in [1.29, 1.82) is 0 Å². The van der Waals surface area contributed by atoms with Gasteiger partial charge in [0.2, 0.25) is 11.8 Å². The van der Waals surface area contributed by atoms with Gasteiger partial charge in [0.05, 0.1) is 19.0 Å². The van der Waals surface area contributed by atoms with Crippen molar-refractivity contribution in [3.63, 3.8) is 0 Å². The van der Waals surface area contributed by atoms with Crippen molar-refractivity contribution >= 4 is 17.5 Å². The average molecular weight is 379 g/mol. The quantitative estimate of drug-likeness (QED) is 0.659. The minimum absolute atomic E-state index is 0.299. The van der Waals surface area contributed by atoms with Crippen LogP contribution in [0.25, 0.3) is 11.3 Å². The highest BCUT2D eigenvalue weighted by Crippen LogP contribution is 2.18. The molecule has 1 aromatic heterocycles. The maximum Gasteiger partial charge on any atom is 0.365 e.